The first-order valence-corrected chi connectivity index (χ1v) is 11.0. The number of anilines is 1. The van der Waals surface area contributed by atoms with E-state index in [-0.39, 0.29) is 24.0 Å². The van der Waals surface area contributed by atoms with E-state index in [4.69, 9.17) is 16.3 Å². The molecule has 3 rings (SSSR count). The lowest BCUT2D eigenvalue weighted by Gasteiger charge is -2.10. The Balaban J connectivity index is 1.54. The molecular formula is C22H21ClN2O4S. The van der Waals surface area contributed by atoms with Crippen LogP contribution >= 0.6 is 11.6 Å². The van der Waals surface area contributed by atoms with Gasteiger partial charge in [0.15, 0.2) is 6.61 Å². The van der Waals surface area contributed by atoms with E-state index in [0.717, 1.165) is 11.1 Å². The monoisotopic (exact) mass is 444 g/mol. The molecule has 0 spiro atoms. The summed E-state index contributed by atoms with van der Waals surface area (Å²) in [7, 11) is -3.66. The predicted molar refractivity (Wildman–Crippen MR) is 117 cm³/mol. The first-order valence-electron chi connectivity index (χ1n) is 9.16. The summed E-state index contributed by atoms with van der Waals surface area (Å²) in [5.74, 6) is 0.179. The van der Waals surface area contributed by atoms with E-state index < -0.39 is 10.0 Å². The van der Waals surface area contributed by atoms with Crippen molar-refractivity contribution in [3.63, 3.8) is 0 Å². The second kappa shape index (κ2) is 9.75. The van der Waals surface area contributed by atoms with Gasteiger partial charge in [-0.1, -0.05) is 41.9 Å². The summed E-state index contributed by atoms with van der Waals surface area (Å²) >= 11 is 5.96. The summed E-state index contributed by atoms with van der Waals surface area (Å²) in [5.41, 5.74) is 2.19. The number of benzene rings is 3. The van der Waals surface area contributed by atoms with Gasteiger partial charge in [0.25, 0.3) is 5.91 Å². The van der Waals surface area contributed by atoms with Crippen molar-refractivity contribution in [1.82, 2.24) is 4.72 Å². The molecule has 0 aliphatic heterocycles. The Morgan fingerprint density at radius 3 is 2.37 bits per heavy atom. The lowest BCUT2D eigenvalue weighted by molar-refractivity contribution is -0.118. The lowest BCUT2D eigenvalue weighted by atomic mass is 10.2. The third kappa shape index (κ3) is 6.06. The number of sulfonamides is 1. The van der Waals surface area contributed by atoms with Crippen molar-refractivity contribution in [3.8, 4) is 5.75 Å². The van der Waals surface area contributed by atoms with Crippen LogP contribution in [0, 0.1) is 6.92 Å². The average molecular weight is 445 g/mol. The zero-order chi connectivity index (χ0) is 21.6. The van der Waals surface area contributed by atoms with Crippen molar-refractivity contribution in [2.45, 2.75) is 18.4 Å². The van der Waals surface area contributed by atoms with Crippen LogP contribution in [0.2, 0.25) is 5.02 Å². The molecule has 0 saturated carbocycles. The molecule has 0 aliphatic carbocycles. The van der Waals surface area contributed by atoms with Crippen LogP contribution in [-0.2, 0) is 21.4 Å². The van der Waals surface area contributed by atoms with Gasteiger partial charge in [0.2, 0.25) is 10.0 Å². The van der Waals surface area contributed by atoms with Crippen LogP contribution in [0.3, 0.4) is 0 Å². The fraction of sp³-hybridized carbons (Fsp3) is 0.136. The highest BCUT2D eigenvalue weighted by Gasteiger charge is 2.14. The number of carbonyl (C=O) groups is 1. The van der Waals surface area contributed by atoms with Crippen LogP contribution in [-0.4, -0.2) is 20.9 Å². The van der Waals surface area contributed by atoms with E-state index >= 15 is 0 Å². The van der Waals surface area contributed by atoms with Crippen LogP contribution in [0.25, 0.3) is 0 Å². The maximum absolute atomic E-state index is 12.4. The highest BCUT2D eigenvalue weighted by Crippen LogP contribution is 2.21. The van der Waals surface area contributed by atoms with E-state index in [1.165, 1.54) is 24.3 Å². The molecule has 2 N–H and O–H groups in total. The molecule has 6 nitrogen and oxygen atoms in total. The van der Waals surface area contributed by atoms with Gasteiger partial charge in [0.1, 0.15) is 5.75 Å². The van der Waals surface area contributed by atoms with Gasteiger partial charge in [-0.15, -0.1) is 0 Å². The highest BCUT2D eigenvalue weighted by molar-refractivity contribution is 7.89. The fourth-order valence-electron chi connectivity index (χ4n) is 2.63. The summed E-state index contributed by atoms with van der Waals surface area (Å²) in [6.07, 6.45) is 0. The fourth-order valence-corrected chi connectivity index (χ4v) is 3.76. The molecule has 0 aromatic heterocycles. The number of rotatable bonds is 8. The molecule has 0 atom stereocenters. The summed E-state index contributed by atoms with van der Waals surface area (Å²) < 4.78 is 32.8. The third-order valence-corrected chi connectivity index (χ3v) is 6.10. The van der Waals surface area contributed by atoms with Crippen molar-refractivity contribution >= 4 is 33.2 Å². The molecule has 0 aliphatic rings. The quantitative estimate of drug-likeness (QED) is 0.546. The van der Waals surface area contributed by atoms with Gasteiger partial charge < -0.3 is 10.1 Å². The molecular weight excluding hydrogens is 424 g/mol. The Bertz CT molecular complexity index is 1120. The molecule has 0 heterocycles. The summed E-state index contributed by atoms with van der Waals surface area (Å²) in [6.45, 7) is 1.86. The van der Waals surface area contributed by atoms with Crippen LogP contribution in [0.15, 0.2) is 77.7 Å². The molecule has 0 bridgehead atoms. The van der Waals surface area contributed by atoms with Crippen LogP contribution in [0.1, 0.15) is 11.1 Å². The molecule has 3 aromatic carbocycles. The largest absolute Gasteiger partial charge is 0.484 e. The number of aryl methyl sites for hydroxylation is 1. The van der Waals surface area contributed by atoms with Gasteiger partial charge in [0, 0.05) is 17.3 Å². The van der Waals surface area contributed by atoms with Crippen molar-refractivity contribution in [3.05, 3.63) is 88.9 Å². The predicted octanol–water partition coefficient (Wildman–Crippen LogP) is 4.14. The normalized spacial score (nSPS) is 11.1. The van der Waals surface area contributed by atoms with Crippen molar-refractivity contribution in [2.24, 2.45) is 0 Å². The zero-order valence-corrected chi connectivity index (χ0v) is 17.8. The SMILES string of the molecule is Cc1cc(OCC(=O)Nc2ccc(S(=O)(=O)NCc3ccccc3)cc2)ccc1Cl. The lowest BCUT2D eigenvalue weighted by Crippen LogP contribution is -2.23. The van der Waals surface area contributed by atoms with E-state index in [0.29, 0.717) is 16.5 Å². The van der Waals surface area contributed by atoms with E-state index in [1.807, 2.05) is 37.3 Å². The van der Waals surface area contributed by atoms with Crippen LogP contribution in [0.4, 0.5) is 5.69 Å². The Kier molecular flexibility index (Phi) is 7.10. The molecule has 8 heteroatoms. The van der Waals surface area contributed by atoms with E-state index in [9.17, 15) is 13.2 Å². The summed E-state index contributed by atoms with van der Waals surface area (Å²) in [4.78, 5) is 12.2. The molecule has 1 amide bonds. The van der Waals surface area contributed by atoms with Crippen molar-refractivity contribution in [2.75, 3.05) is 11.9 Å². The minimum atomic E-state index is -3.66. The minimum Gasteiger partial charge on any atom is -0.484 e. The van der Waals surface area contributed by atoms with Gasteiger partial charge in [-0.3, -0.25) is 4.79 Å². The van der Waals surface area contributed by atoms with Crippen molar-refractivity contribution < 1.29 is 17.9 Å². The Morgan fingerprint density at radius 2 is 1.70 bits per heavy atom. The smallest absolute Gasteiger partial charge is 0.262 e. The number of carbonyl (C=O) groups excluding carboxylic acids is 1. The molecule has 3 aromatic rings. The van der Waals surface area contributed by atoms with Crippen LogP contribution < -0.4 is 14.8 Å². The molecule has 0 radical (unpaired) electrons. The van der Waals surface area contributed by atoms with E-state index in [1.54, 1.807) is 18.2 Å². The molecule has 0 fully saturated rings. The maximum atomic E-state index is 12.4. The third-order valence-electron chi connectivity index (χ3n) is 4.26. The number of halogens is 1. The topological polar surface area (TPSA) is 84.5 Å². The Labute approximate surface area is 180 Å². The Morgan fingerprint density at radius 1 is 1.00 bits per heavy atom. The van der Waals surface area contributed by atoms with Crippen LogP contribution in [0.5, 0.6) is 5.75 Å². The van der Waals surface area contributed by atoms with Gasteiger partial charge in [0.05, 0.1) is 4.90 Å². The first kappa shape index (κ1) is 21.8. The molecule has 0 saturated heterocycles. The number of hydrogen-bond donors (Lipinski definition) is 2. The minimum absolute atomic E-state index is 0.115. The van der Waals surface area contributed by atoms with E-state index in [2.05, 4.69) is 10.0 Å². The molecule has 0 unspecified atom stereocenters. The Hall–Kier alpha value is -2.87. The van der Waals surface area contributed by atoms with Gasteiger partial charge in [-0.05, 0) is 60.5 Å². The zero-order valence-electron chi connectivity index (χ0n) is 16.3. The highest BCUT2D eigenvalue weighted by atomic mass is 35.5. The second-order valence-corrected chi connectivity index (χ2v) is 8.76. The average Bonchev–Trinajstić information content (AvgIpc) is 2.74. The number of nitrogens with one attached hydrogen (secondary N) is 2. The maximum Gasteiger partial charge on any atom is 0.262 e. The standard InChI is InChI=1S/C22H21ClN2O4S/c1-16-13-19(9-12-21(16)23)29-15-22(26)25-18-7-10-20(11-8-18)30(27,28)24-14-17-5-3-2-4-6-17/h2-13,24H,14-15H2,1H3,(H,25,26). The second-order valence-electron chi connectivity index (χ2n) is 6.58. The number of ether oxygens (including phenoxy) is 1. The summed E-state index contributed by atoms with van der Waals surface area (Å²) in [6, 6.07) is 20.3. The number of amides is 1. The molecule has 156 valence electrons. The van der Waals surface area contributed by atoms with Crippen molar-refractivity contribution in [1.29, 1.82) is 0 Å². The summed E-state index contributed by atoms with van der Waals surface area (Å²) in [5, 5.41) is 3.29. The first-order chi connectivity index (χ1) is 14.3. The molecule has 30 heavy (non-hydrogen) atoms. The number of hydrogen-bond acceptors (Lipinski definition) is 4. The van der Waals surface area contributed by atoms with Gasteiger partial charge in [-0.2, -0.15) is 0 Å². The van der Waals surface area contributed by atoms with Gasteiger partial charge in [-0.25, -0.2) is 13.1 Å². The van der Waals surface area contributed by atoms with Gasteiger partial charge >= 0.3 is 0 Å².